The summed E-state index contributed by atoms with van der Waals surface area (Å²) in [7, 11) is 0. The van der Waals surface area contributed by atoms with E-state index in [2.05, 4.69) is 26.2 Å². The van der Waals surface area contributed by atoms with Gasteiger partial charge in [0.2, 0.25) is 5.15 Å². The van der Waals surface area contributed by atoms with Gasteiger partial charge in [-0.2, -0.15) is 0 Å². The number of anilines is 1. The van der Waals surface area contributed by atoms with Gasteiger partial charge in [0, 0.05) is 6.20 Å². The molecular formula is C12H6BrCl2N3O3. The third kappa shape index (κ3) is 3.31. The molecule has 0 spiro atoms. The maximum atomic E-state index is 12.2. The van der Waals surface area contributed by atoms with Crippen LogP contribution >= 0.6 is 39.1 Å². The highest BCUT2D eigenvalue weighted by Crippen LogP contribution is 2.31. The molecule has 2 aromatic rings. The Morgan fingerprint density at radius 1 is 1.33 bits per heavy atom. The van der Waals surface area contributed by atoms with Gasteiger partial charge in [0.25, 0.3) is 5.91 Å². The molecule has 0 unspecified atom stereocenters. The molecule has 21 heavy (non-hydrogen) atoms. The van der Waals surface area contributed by atoms with Gasteiger partial charge < -0.3 is 5.32 Å². The first-order valence-corrected chi connectivity index (χ1v) is 7.01. The molecule has 1 aromatic heterocycles. The summed E-state index contributed by atoms with van der Waals surface area (Å²) < 4.78 is 0.475. The minimum atomic E-state index is -0.753. The van der Waals surface area contributed by atoms with Crippen molar-refractivity contribution < 1.29 is 9.72 Å². The standard InChI is InChI=1S/C12H6BrCl2N3O3/c13-9-7(14)2-1-3-8(9)17-12(19)6-4-5-16-11(15)10(6)18(20)21/h1-5H,(H,17,19). The van der Waals surface area contributed by atoms with Gasteiger partial charge in [0.15, 0.2) is 0 Å². The van der Waals surface area contributed by atoms with Gasteiger partial charge in [-0.1, -0.05) is 29.3 Å². The van der Waals surface area contributed by atoms with Crippen LogP contribution < -0.4 is 5.32 Å². The smallest absolute Gasteiger partial charge is 0.319 e. The van der Waals surface area contributed by atoms with Crippen LogP contribution in [0.5, 0.6) is 0 Å². The number of hydrogen-bond acceptors (Lipinski definition) is 4. The average molecular weight is 391 g/mol. The highest BCUT2D eigenvalue weighted by Gasteiger charge is 2.25. The van der Waals surface area contributed by atoms with Crippen LogP contribution in [0.15, 0.2) is 34.9 Å². The molecule has 0 radical (unpaired) electrons. The topological polar surface area (TPSA) is 85.1 Å². The third-order valence-electron chi connectivity index (χ3n) is 2.51. The quantitative estimate of drug-likeness (QED) is 0.480. The largest absolute Gasteiger partial charge is 0.321 e. The van der Waals surface area contributed by atoms with Gasteiger partial charge in [-0.05, 0) is 34.1 Å². The van der Waals surface area contributed by atoms with Crippen LogP contribution in [0.25, 0.3) is 0 Å². The van der Waals surface area contributed by atoms with Crippen molar-refractivity contribution in [2.45, 2.75) is 0 Å². The summed E-state index contributed by atoms with van der Waals surface area (Å²) in [6.07, 6.45) is 1.22. The van der Waals surface area contributed by atoms with E-state index in [0.717, 1.165) is 0 Å². The summed E-state index contributed by atoms with van der Waals surface area (Å²) >= 11 is 14.8. The van der Waals surface area contributed by atoms with Crippen molar-refractivity contribution in [3.8, 4) is 0 Å². The Balaban J connectivity index is 2.40. The number of nitro groups is 1. The van der Waals surface area contributed by atoms with Gasteiger partial charge in [0.05, 0.1) is 20.1 Å². The van der Waals surface area contributed by atoms with Crippen LogP contribution in [0, 0.1) is 10.1 Å². The van der Waals surface area contributed by atoms with E-state index in [9.17, 15) is 14.9 Å². The van der Waals surface area contributed by atoms with E-state index in [0.29, 0.717) is 15.2 Å². The van der Waals surface area contributed by atoms with Gasteiger partial charge >= 0.3 is 5.69 Å². The molecule has 1 aromatic carbocycles. The van der Waals surface area contributed by atoms with Crippen molar-refractivity contribution in [3.05, 3.63) is 60.8 Å². The fourth-order valence-electron chi connectivity index (χ4n) is 1.58. The predicted molar refractivity (Wildman–Crippen MR) is 83.0 cm³/mol. The lowest BCUT2D eigenvalue weighted by molar-refractivity contribution is -0.385. The molecule has 1 N–H and O–H groups in total. The van der Waals surface area contributed by atoms with Gasteiger partial charge in [-0.15, -0.1) is 0 Å². The van der Waals surface area contributed by atoms with Gasteiger partial charge in [0.1, 0.15) is 5.56 Å². The number of benzene rings is 1. The molecule has 0 saturated heterocycles. The van der Waals surface area contributed by atoms with E-state index in [1.807, 2.05) is 0 Å². The monoisotopic (exact) mass is 389 g/mol. The zero-order valence-corrected chi connectivity index (χ0v) is 13.2. The Morgan fingerprint density at radius 3 is 2.71 bits per heavy atom. The number of amides is 1. The number of carbonyl (C=O) groups excluding carboxylic acids is 1. The fourth-order valence-corrected chi connectivity index (χ4v) is 2.34. The van der Waals surface area contributed by atoms with Crippen LogP contribution in [-0.4, -0.2) is 15.8 Å². The van der Waals surface area contributed by atoms with E-state index in [-0.39, 0.29) is 10.7 Å². The first kappa shape index (κ1) is 15.7. The number of nitrogens with one attached hydrogen (secondary N) is 1. The van der Waals surface area contributed by atoms with Crippen LogP contribution in [-0.2, 0) is 0 Å². The van der Waals surface area contributed by atoms with Crippen molar-refractivity contribution in [2.24, 2.45) is 0 Å². The van der Waals surface area contributed by atoms with E-state index in [4.69, 9.17) is 23.2 Å². The number of carbonyl (C=O) groups is 1. The second-order valence-electron chi connectivity index (χ2n) is 3.81. The SMILES string of the molecule is O=C(Nc1cccc(Cl)c1Br)c1ccnc(Cl)c1[N+](=O)[O-]. The molecule has 9 heteroatoms. The highest BCUT2D eigenvalue weighted by molar-refractivity contribution is 9.10. The minimum Gasteiger partial charge on any atom is -0.321 e. The molecule has 1 amide bonds. The Morgan fingerprint density at radius 2 is 2.05 bits per heavy atom. The second-order valence-corrected chi connectivity index (χ2v) is 5.37. The molecule has 0 aliphatic carbocycles. The van der Waals surface area contributed by atoms with Crippen molar-refractivity contribution in [3.63, 3.8) is 0 Å². The zero-order valence-electron chi connectivity index (χ0n) is 10.1. The number of aromatic nitrogens is 1. The first-order chi connectivity index (χ1) is 9.91. The molecular weight excluding hydrogens is 385 g/mol. The summed E-state index contributed by atoms with van der Waals surface area (Å²) in [5.74, 6) is -0.686. The molecule has 6 nitrogen and oxygen atoms in total. The number of pyridine rings is 1. The molecule has 0 bridgehead atoms. The second kappa shape index (κ2) is 6.38. The maximum Gasteiger partial charge on any atom is 0.319 e. The van der Waals surface area contributed by atoms with E-state index >= 15 is 0 Å². The summed E-state index contributed by atoms with van der Waals surface area (Å²) in [6, 6.07) is 6.09. The van der Waals surface area contributed by atoms with Crippen molar-refractivity contribution >= 4 is 56.4 Å². The predicted octanol–water partition coefficient (Wildman–Crippen LogP) is 4.31. The lowest BCUT2D eigenvalue weighted by atomic mass is 10.2. The number of hydrogen-bond donors (Lipinski definition) is 1. The molecule has 108 valence electrons. The molecule has 0 saturated carbocycles. The number of halogens is 3. The normalized spacial score (nSPS) is 10.2. The third-order valence-corrected chi connectivity index (χ3v) is 4.18. The summed E-state index contributed by atoms with van der Waals surface area (Å²) in [5.41, 5.74) is -0.351. The Bertz CT molecular complexity index is 740. The Labute approximate surface area is 137 Å². The summed E-state index contributed by atoms with van der Waals surface area (Å²) in [5, 5.41) is 13.6. The van der Waals surface area contributed by atoms with Crippen LogP contribution in [0.3, 0.4) is 0 Å². The lowest BCUT2D eigenvalue weighted by Crippen LogP contribution is -2.15. The molecule has 2 rings (SSSR count). The zero-order chi connectivity index (χ0) is 15.6. The van der Waals surface area contributed by atoms with Crippen molar-refractivity contribution in [1.29, 1.82) is 0 Å². The highest BCUT2D eigenvalue weighted by atomic mass is 79.9. The minimum absolute atomic E-state index is 0.188. The molecule has 0 aliphatic heterocycles. The van der Waals surface area contributed by atoms with Crippen LogP contribution in [0.4, 0.5) is 11.4 Å². The number of nitrogens with zero attached hydrogens (tertiary/aromatic N) is 2. The molecule has 0 atom stereocenters. The molecule has 0 aliphatic rings. The summed E-state index contributed by atoms with van der Waals surface area (Å²) in [6.45, 7) is 0. The molecule has 1 heterocycles. The fraction of sp³-hybridized carbons (Fsp3) is 0. The van der Waals surface area contributed by atoms with Crippen LogP contribution in [0.1, 0.15) is 10.4 Å². The summed E-state index contributed by atoms with van der Waals surface area (Å²) in [4.78, 5) is 26.0. The Hall–Kier alpha value is -1.70. The average Bonchev–Trinajstić information content (AvgIpc) is 2.43. The number of rotatable bonds is 3. The van der Waals surface area contributed by atoms with E-state index < -0.39 is 16.5 Å². The lowest BCUT2D eigenvalue weighted by Gasteiger charge is -2.08. The van der Waals surface area contributed by atoms with Gasteiger partial charge in [-0.25, -0.2) is 4.98 Å². The van der Waals surface area contributed by atoms with Gasteiger partial charge in [-0.3, -0.25) is 14.9 Å². The van der Waals surface area contributed by atoms with Crippen molar-refractivity contribution in [1.82, 2.24) is 4.98 Å². The van der Waals surface area contributed by atoms with E-state index in [1.165, 1.54) is 12.3 Å². The first-order valence-electron chi connectivity index (χ1n) is 5.46. The van der Waals surface area contributed by atoms with E-state index in [1.54, 1.807) is 18.2 Å². The molecule has 0 fully saturated rings. The van der Waals surface area contributed by atoms with Crippen molar-refractivity contribution in [2.75, 3.05) is 5.32 Å². The maximum absolute atomic E-state index is 12.2. The Kier molecular flexibility index (Phi) is 4.76. The van der Waals surface area contributed by atoms with Crippen LogP contribution in [0.2, 0.25) is 10.2 Å².